The lowest BCUT2D eigenvalue weighted by Crippen LogP contribution is -2.37. The summed E-state index contributed by atoms with van der Waals surface area (Å²) in [5.41, 5.74) is 2.39. The number of ether oxygens (including phenoxy) is 1. The highest BCUT2D eigenvalue weighted by Gasteiger charge is 2.26. The van der Waals surface area contributed by atoms with Gasteiger partial charge in [-0.2, -0.15) is 5.10 Å². The van der Waals surface area contributed by atoms with Crippen LogP contribution >= 0.6 is 27.5 Å². The molecule has 29 heavy (non-hydrogen) atoms. The Balaban J connectivity index is 1.44. The van der Waals surface area contributed by atoms with Gasteiger partial charge in [-0.25, -0.2) is 4.68 Å². The van der Waals surface area contributed by atoms with Crippen molar-refractivity contribution in [3.8, 4) is 11.4 Å². The number of aromatic nitrogens is 2. The van der Waals surface area contributed by atoms with Crippen LogP contribution in [-0.4, -0.2) is 41.9 Å². The van der Waals surface area contributed by atoms with E-state index in [9.17, 15) is 4.79 Å². The molecule has 1 amide bonds. The van der Waals surface area contributed by atoms with Crippen molar-refractivity contribution in [2.45, 2.75) is 12.5 Å². The van der Waals surface area contributed by atoms with Gasteiger partial charge in [0.05, 0.1) is 29.2 Å². The lowest BCUT2D eigenvalue weighted by atomic mass is 10.1. The predicted octanol–water partition coefficient (Wildman–Crippen LogP) is 4.31. The average Bonchev–Trinajstić information content (AvgIpc) is 3.37. The summed E-state index contributed by atoms with van der Waals surface area (Å²) in [6, 6.07) is 13.0. The van der Waals surface area contributed by atoms with Crippen LogP contribution in [0.15, 0.2) is 59.3 Å². The standard InChI is InChI=1S/C21H20BrClN4O2/c1-29-20-6-5-16(23)10-19(20)26-8-7-17(13-26)25-21(28)14-3-2-4-18(9-14)27-12-15(22)11-24-27/h2-6,9-12,17H,7-8,13H2,1H3,(H,25,28)/t17-/m0/s1. The molecule has 0 aliphatic carbocycles. The summed E-state index contributed by atoms with van der Waals surface area (Å²) in [5, 5.41) is 8.07. The van der Waals surface area contributed by atoms with Crippen molar-refractivity contribution in [1.29, 1.82) is 0 Å². The van der Waals surface area contributed by atoms with Gasteiger partial charge in [-0.05, 0) is 58.7 Å². The number of carbonyl (C=O) groups is 1. The van der Waals surface area contributed by atoms with E-state index in [4.69, 9.17) is 16.3 Å². The minimum Gasteiger partial charge on any atom is -0.495 e. The van der Waals surface area contributed by atoms with Gasteiger partial charge in [0.15, 0.2) is 0 Å². The second kappa shape index (κ2) is 8.47. The Morgan fingerprint density at radius 3 is 2.93 bits per heavy atom. The summed E-state index contributed by atoms with van der Waals surface area (Å²) < 4.78 is 8.07. The van der Waals surface area contributed by atoms with Crippen LogP contribution in [0, 0.1) is 0 Å². The van der Waals surface area contributed by atoms with Crippen molar-refractivity contribution >= 4 is 39.1 Å². The number of anilines is 1. The van der Waals surface area contributed by atoms with E-state index < -0.39 is 0 Å². The van der Waals surface area contributed by atoms with Gasteiger partial charge < -0.3 is 15.0 Å². The average molecular weight is 476 g/mol. The fourth-order valence-corrected chi connectivity index (χ4v) is 3.96. The van der Waals surface area contributed by atoms with E-state index in [1.807, 2.05) is 48.7 Å². The molecule has 0 spiro atoms. The molecule has 150 valence electrons. The first-order valence-corrected chi connectivity index (χ1v) is 10.4. The molecule has 3 aromatic rings. The van der Waals surface area contributed by atoms with Crippen LogP contribution in [0.1, 0.15) is 16.8 Å². The zero-order valence-corrected chi connectivity index (χ0v) is 18.2. The molecule has 1 aromatic heterocycles. The molecule has 4 rings (SSSR count). The van der Waals surface area contributed by atoms with E-state index in [0.717, 1.165) is 34.6 Å². The number of methoxy groups -OCH3 is 1. The summed E-state index contributed by atoms with van der Waals surface area (Å²) in [4.78, 5) is 15.0. The van der Waals surface area contributed by atoms with E-state index in [2.05, 4.69) is 31.2 Å². The highest BCUT2D eigenvalue weighted by Crippen LogP contribution is 2.33. The molecule has 1 aliphatic heterocycles. The van der Waals surface area contributed by atoms with Gasteiger partial charge in [-0.1, -0.05) is 17.7 Å². The van der Waals surface area contributed by atoms with Gasteiger partial charge in [-0.3, -0.25) is 4.79 Å². The van der Waals surface area contributed by atoms with Gasteiger partial charge in [-0.15, -0.1) is 0 Å². The van der Waals surface area contributed by atoms with Crippen LogP contribution in [0.5, 0.6) is 5.75 Å². The number of nitrogens with zero attached hydrogens (tertiary/aromatic N) is 3. The molecule has 1 saturated heterocycles. The Bertz CT molecular complexity index is 1040. The third-order valence-electron chi connectivity index (χ3n) is 4.93. The number of rotatable bonds is 5. The van der Waals surface area contributed by atoms with Crippen LogP contribution in [0.4, 0.5) is 5.69 Å². The Morgan fingerprint density at radius 1 is 1.31 bits per heavy atom. The predicted molar refractivity (Wildman–Crippen MR) is 117 cm³/mol. The number of carbonyl (C=O) groups excluding carboxylic acids is 1. The zero-order valence-electron chi connectivity index (χ0n) is 15.8. The summed E-state index contributed by atoms with van der Waals surface area (Å²) >= 11 is 9.55. The van der Waals surface area contributed by atoms with Crippen LogP contribution in [-0.2, 0) is 0 Å². The smallest absolute Gasteiger partial charge is 0.251 e. The quantitative estimate of drug-likeness (QED) is 0.597. The largest absolute Gasteiger partial charge is 0.495 e. The SMILES string of the molecule is COc1ccc(Cl)cc1N1CC[C@H](NC(=O)c2cccc(-n3cc(Br)cn3)c2)C1. The summed E-state index contributed by atoms with van der Waals surface area (Å²) in [7, 11) is 1.65. The number of amides is 1. The van der Waals surface area contributed by atoms with E-state index in [1.54, 1.807) is 18.0 Å². The first-order chi connectivity index (χ1) is 14.0. The molecule has 8 heteroatoms. The molecule has 1 fully saturated rings. The minimum atomic E-state index is -0.0945. The molecule has 0 saturated carbocycles. The molecular weight excluding hydrogens is 456 g/mol. The molecule has 0 unspecified atom stereocenters. The molecular formula is C21H20BrClN4O2. The fraction of sp³-hybridized carbons (Fsp3) is 0.238. The van der Waals surface area contributed by atoms with Gasteiger partial charge in [0, 0.05) is 35.9 Å². The van der Waals surface area contributed by atoms with Crippen LogP contribution in [0.3, 0.4) is 0 Å². The topological polar surface area (TPSA) is 59.4 Å². The van der Waals surface area contributed by atoms with E-state index in [1.165, 1.54) is 0 Å². The maximum Gasteiger partial charge on any atom is 0.251 e. The van der Waals surface area contributed by atoms with E-state index >= 15 is 0 Å². The number of hydrogen-bond donors (Lipinski definition) is 1. The monoisotopic (exact) mass is 474 g/mol. The number of benzene rings is 2. The highest BCUT2D eigenvalue weighted by atomic mass is 79.9. The fourth-order valence-electron chi connectivity index (χ4n) is 3.51. The Hall–Kier alpha value is -2.51. The lowest BCUT2D eigenvalue weighted by Gasteiger charge is -2.21. The third kappa shape index (κ3) is 4.41. The third-order valence-corrected chi connectivity index (χ3v) is 5.57. The van der Waals surface area contributed by atoms with Crippen molar-refractivity contribution in [2.24, 2.45) is 0 Å². The lowest BCUT2D eigenvalue weighted by molar-refractivity contribution is 0.0940. The Kier molecular flexibility index (Phi) is 5.78. The Morgan fingerprint density at radius 2 is 2.17 bits per heavy atom. The molecule has 1 aliphatic rings. The minimum absolute atomic E-state index is 0.0497. The molecule has 0 bridgehead atoms. The van der Waals surface area contributed by atoms with Gasteiger partial charge >= 0.3 is 0 Å². The molecule has 1 N–H and O–H groups in total. The van der Waals surface area contributed by atoms with Crippen molar-refractivity contribution in [3.05, 3.63) is 69.9 Å². The summed E-state index contributed by atoms with van der Waals surface area (Å²) in [5.74, 6) is 0.683. The van der Waals surface area contributed by atoms with Crippen LogP contribution in [0.25, 0.3) is 5.69 Å². The maximum atomic E-state index is 12.8. The van der Waals surface area contributed by atoms with Crippen LogP contribution < -0.4 is 15.0 Å². The summed E-state index contributed by atoms with van der Waals surface area (Å²) in [6.45, 7) is 1.53. The second-order valence-electron chi connectivity index (χ2n) is 6.87. The van der Waals surface area contributed by atoms with Gasteiger partial charge in [0.25, 0.3) is 5.91 Å². The van der Waals surface area contributed by atoms with Gasteiger partial charge in [0.1, 0.15) is 5.75 Å². The van der Waals surface area contributed by atoms with Crippen LogP contribution in [0.2, 0.25) is 5.02 Å². The zero-order chi connectivity index (χ0) is 20.4. The number of halogens is 2. The highest BCUT2D eigenvalue weighted by molar-refractivity contribution is 9.10. The first kappa shape index (κ1) is 19.8. The normalized spacial score (nSPS) is 16.1. The second-order valence-corrected chi connectivity index (χ2v) is 8.23. The number of nitrogens with one attached hydrogen (secondary N) is 1. The molecule has 0 radical (unpaired) electrons. The first-order valence-electron chi connectivity index (χ1n) is 9.23. The van der Waals surface area contributed by atoms with Crippen molar-refractivity contribution in [2.75, 3.05) is 25.1 Å². The summed E-state index contributed by atoms with van der Waals surface area (Å²) in [6.07, 6.45) is 4.42. The van der Waals surface area contributed by atoms with Crippen molar-refractivity contribution in [1.82, 2.24) is 15.1 Å². The Labute approximate surface area is 182 Å². The molecule has 1 atom stereocenters. The number of hydrogen-bond acceptors (Lipinski definition) is 4. The van der Waals surface area contributed by atoms with Gasteiger partial charge in [0.2, 0.25) is 0 Å². The van der Waals surface area contributed by atoms with Crippen molar-refractivity contribution in [3.63, 3.8) is 0 Å². The van der Waals surface area contributed by atoms with E-state index in [-0.39, 0.29) is 11.9 Å². The molecule has 2 aromatic carbocycles. The maximum absolute atomic E-state index is 12.8. The van der Waals surface area contributed by atoms with Crippen molar-refractivity contribution < 1.29 is 9.53 Å². The molecule has 6 nitrogen and oxygen atoms in total. The molecule has 2 heterocycles. The van der Waals surface area contributed by atoms with E-state index in [0.29, 0.717) is 17.1 Å².